The predicted molar refractivity (Wildman–Crippen MR) is 123 cm³/mol. The van der Waals surface area contributed by atoms with Crippen molar-refractivity contribution in [1.82, 2.24) is 9.97 Å². The number of hydrogen-bond donors (Lipinski definition) is 3. The van der Waals surface area contributed by atoms with Crippen molar-refractivity contribution in [3.63, 3.8) is 0 Å². The number of methoxy groups -OCH3 is 1. The van der Waals surface area contributed by atoms with Crippen LogP contribution in [0.3, 0.4) is 0 Å². The van der Waals surface area contributed by atoms with Gasteiger partial charge in [-0.3, -0.25) is 10.1 Å². The van der Waals surface area contributed by atoms with E-state index in [-0.39, 0.29) is 5.69 Å². The van der Waals surface area contributed by atoms with E-state index in [1.807, 2.05) is 48.5 Å². The molecular weight excluding hydrogens is 416 g/mol. The number of nitrogens with zero attached hydrogens (tertiary/aromatic N) is 3. The van der Waals surface area contributed by atoms with E-state index < -0.39 is 4.92 Å². The number of benzene rings is 3. The number of para-hydroxylation sites is 2. The lowest BCUT2D eigenvalue weighted by atomic mass is 10.2. The maximum absolute atomic E-state index is 11.3. The van der Waals surface area contributed by atoms with Crippen LogP contribution in [0.4, 0.5) is 28.7 Å². The fourth-order valence-corrected chi connectivity index (χ4v) is 3.56. The number of non-ortho nitro benzene ring substituents is 1. The van der Waals surface area contributed by atoms with Gasteiger partial charge in [0.05, 0.1) is 34.8 Å². The highest BCUT2D eigenvalue weighted by atomic mass is 32.2. The maximum Gasteiger partial charge on any atom is 0.275 e. The van der Waals surface area contributed by atoms with Gasteiger partial charge in [-0.25, -0.2) is 9.97 Å². The molecule has 0 aliphatic rings. The van der Waals surface area contributed by atoms with Crippen LogP contribution >= 0.6 is 11.9 Å². The average molecular weight is 434 g/mol. The normalized spacial score (nSPS) is 10.6. The fraction of sp³-hybridized carbons (Fsp3) is 0.0476. The summed E-state index contributed by atoms with van der Waals surface area (Å²) in [6.45, 7) is 0. The number of aromatic nitrogens is 2. The number of fused-ring (bicyclic) bond motifs is 1. The molecule has 0 radical (unpaired) electrons. The third-order valence-electron chi connectivity index (χ3n) is 4.29. The Hall–Kier alpha value is -4.05. The molecule has 4 aromatic rings. The second-order valence-electron chi connectivity index (χ2n) is 6.49. The molecule has 31 heavy (non-hydrogen) atoms. The minimum atomic E-state index is -0.478. The number of nitrogen functional groups attached to an aromatic ring is 1. The van der Waals surface area contributed by atoms with Gasteiger partial charge in [-0.1, -0.05) is 18.2 Å². The molecule has 3 aromatic carbocycles. The van der Waals surface area contributed by atoms with E-state index in [0.29, 0.717) is 39.8 Å². The molecule has 1 aromatic heterocycles. The molecule has 0 saturated carbocycles. The number of ether oxygens (including phenoxy) is 1. The summed E-state index contributed by atoms with van der Waals surface area (Å²) in [6.07, 6.45) is 0. The first-order valence-electron chi connectivity index (χ1n) is 9.17. The summed E-state index contributed by atoms with van der Waals surface area (Å²) in [6, 6.07) is 19.3. The molecule has 0 saturated heterocycles. The number of rotatable bonds is 7. The zero-order valence-electron chi connectivity index (χ0n) is 16.4. The lowest BCUT2D eigenvalue weighted by Crippen LogP contribution is -2.03. The Morgan fingerprint density at radius 1 is 1.00 bits per heavy atom. The molecular formula is C21H18N6O3S. The molecule has 0 unspecified atom stereocenters. The fourth-order valence-electron chi connectivity index (χ4n) is 2.86. The summed E-state index contributed by atoms with van der Waals surface area (Å²) in [5.41, 5.74) is 8.25. The lowest BCUT2D eigenvalue weighted by molar-refractivity contribution is -0.384. The zero-order valence-corrected chi connectivity index (χ0v) is 17.2. The molecule has 0 atom stereocenters. The van der Waals surface area contributed by atoms with Gasteiger partial charge in [0, 0.05) is 22.7 Å². The third-order valence-corrected chi connectivity index (χ3v) is 5.08. The average Bonchev–Trinajstić information content (AvgIpc) is 2.77. The summed E-state index contributed by atoms with van der Waals surface area (Å²) in [5.74, 6) is 1.24. The maximum atomic E-state index is 11.3. The van der Waals surface area contributed by atoms with Gasteiger partial charge in [0.1, 0.15) is 5.75 Å². The van der Waals surface area contributed by atoms with Gasteiger partial charge in [0.15, 0.2) is 11.6 Å². The summed E-state index contributed by atoms with van der Waals surface area (Å²) in [7, 11) is 1.45. The molecule has 4 rings (SSSR count). The standard InChI is InChI=1S/C21H18N6O3S/c1-30-16-11-14(10-15(12-16)27(28)29)23-20-21(25-19-8-3-2-7-18(19)24-20)26-31-17-6-4-5-13(22)9-17/h2-12H,22H2,1H3,(H,23,24)(H,25,26). The summed E-state index contributed by atoms with van der Waals surface area (Å²) < 4.78 is 8.38. The second-order valence-corrected chi connectivity index (χ2v) is 7.37. The molecule has 10 heteroatoms. The van der Waals surface area contributed by atoms with Crippen LogP contribution in [0.1, 0.15) is 0 Å². The minimum absolute atomic E-state index is 0.0979. The Morgan fingerprint density at radius 3 is 2.42 bits per heavy atom. The van der Waals surface area contributed by atoms with Crippen molar-refractivity contribution >= 4 is 51.7 Å². The molecule has 0 aliphatic carbocycles. The topological polar surface area (TPSA) is 128 Å². The third kappa shape index (κ3) is 4.75. The van der Waals surface area contributed by atoms with E-state index in [4.69, 9.17) is 10.5 Å². The second kappa shape index (κ2) is 8.76. The Balaban J connectivity index is 1.71. The monoisotopic (exact) mass is 434 g/mol. The molecule has 1 heterocycles. The van der Waals surface area contributed by atoms with Gasteiger partial charge in [-0.05, 0) is 42.3 Å². The number of nitrogens with one attached hydrogen (secondary N) is 2. The van der Waals surface area contributed by atoms with Gasteiger partial charge in [0.2, 0.25) is 0 Å². The van der Waals surface area contributed by atoms with Crippen LogP contribution in [-0.4, -0.2) is 22.0 Å². The largest absolute Gasteiger partial charge is 0.496 e. The van der Waals surface area contributed by atoms with Crippen molar-refractivity contribution in [2.24, 2.45) is 0 Å². The highest BCUT2D eigenvalue weighted by molar-refractivity contribution is 8.00. The van der Waals surface area contributed by atoms with Crippen molar-refractivity contribution in [1.29, 1.82) is 0 Å². The number of hydrogen-bond acceptors (Lipinski definition) is 9. The van der Waals surface area contributed by atoms with Crippen LogP contribution in [0.25, 0.3) is 11.0 Å². The molecule has 0 bridgehead atoms. The molecule has 4 N–H and O–H groups in total. The van der Waals surface area contributed by atoms with Crippen LogP contribution in [-0.2, 0) is 0 Å². The van der Waals surface area contributed by atoms with Crippen LogP contribution in [0, 0.1) is 10.1 Å². The van der Waals surface area contributed by atoms with E-state index in [1.54, 1.807) is 6.07 Å². The first-order valence-corrected chi connectivity index (χ1v) is 9.99. The first-order chi connectivity index (χ1) is 15.0. The molecule has 0 aliphatic heterocycles. The predicted octanol–water partition coefficient (Wildman–Crippen LogP) is 4.99. The Kier molecular flexibility index (Phi) is 5.72. The Bertz CT molecular complexity index is 1270. The van der Waals surface area contributed by atoms with Crippen molar-refractivity contribution < 1.29 is 9.66 Å². The highest BCUT2D eigenvalue weighted by Crippen LogP contribution is 2.32. The summed E-state index contributed by atoms with van der Waals surface area (Å²) >= 11 is 1.33. The van der Waals surface area contributed by atoms with Crippen molar-refractivity contribution in [3.8, 4) is 5.75 Å². The number of nitrogens with two attached hydrogens (primary N) is 1. The molecule has 0 fully saturated rings. The van der Waals surface area contributed by atoms with Crippen LogP contribution in [0.5, 0.6) is 5.75 Å². The number of anilines is 4. The van der Waals surface area contributed by atoms with Crippen LogP contribution < -0.4 is 20.5 Å². The van der Waals surface area contributed by atoms with E-state index in [1.165, 1.54) is 31.2 Å². The minimum Gasteiger partial charge on any atom is -0.496 e. The van der Waals surface area contributed by atoms with Gasteiger partial charge < -0.3 is 20.5 Å². The Labute approximate surface area is 181 Å². The number of nitro groups is 1. The SMILES string of the molecule is COc1cc(Nc2nc3ccccc3nc2NSc2cccc(N)c2)cc([N+](=O)[O-])c1. The summed E-state index contributed by atoms with van der Waals surface area (Å²) in [5, 5.41) is 14.4. The van der Waals surface area contributed by atoms with Gasteiger partial charge in [-0.2, -0.15) is 0 Å². The molecule has 156 valence electrons. The smallest absolute Gasteiger partial charge is 0.275 e. The van der Waals surface area contributed by atoms with Crippen LogP contribution in [0.15, 0.2) is 71.6 Å². The number of nitro benzene ring substituents is 1. The van der Waals surface area contributed by atoms with E-state index in [9.17, 15) is 10.1 Å². The zero-order chi connectivity index (χ0) is 21.8. The van der Waals surface area contributed by atoms with E-state index >= 15 is 0 Å². The van der Waals surface area contributed by atoms with E-state index in [0.717, 1.165) is 4.90 Å². The van der Waals surface area contributed by atoms with Gasteiger partial charge in [-0.15, -0.1) is 0 Å². The van der Waals surface area contributed by atoms with Crippen LogP contribution in [0.2, 0.25) is 0 Å². The Morgan fingerprint density at radius 2 is 1.74 bits per heavy atom. The molecule has 9 nitrogen and oxygen atoms in total. The van der Waals surface area contributed by atoms with Crippen molar-refractivity contribution in [3.05, 3.63) is 76.8 Å². The summed E-state index contributed by atoms with van der Waals surface area (Å²) in [4.78, 5) is 21.0. The van der Waals surface area contributed by atoms with Crippen molar-refractivity contribution in [2.75, 3.05) is 22.9 Å². The van der Waals surface area contributed by atoms with Crippen molar-refractivity contribution in [2.45, 2.75) is 4.90 Å². The first kappa shape index (κ1) is 20.2. The van der Waals surface area contributed by atoms with Gasteiger partial charge in [0.25, 0.3) is 5.69 Å². The van der Waals surface area contributed by atoms with Gasteiger partial charge >= 0.3 is 0 Å². The highest BCUT2D eigenvalue weighted by Gasteiger charge is 2.14. The molecule has 0 amide bonds. The van der Waals surface area contributed by atoms with E-state index in [2.05, 4.69) is 20.0 Å². The quantitative estimate of drug-likeness (QED) is 0.159. The molecule has 0 spiro atoms. The lowest BCUT2D eigenvalue weighted by Gasteiger charge is -2.13.